The van der Waals surface area contributed by atoms with E-state index in [9.17, 15) is 4.79 Å². The van der Waals surface area contributed by atoms with Crippen molar-refractivity contribution < 1.29 is 4.79 Å². The van der Waals surface area contributed by atoms with Gasteiger partial charge in [-0.3, -0.25) is 4.79 Å². The van der Waals surface area contributed by atoms with E-state index in [2.05, 4.69) is 30.3 Å². The van der Waals surface area contributed by atoms with E-state index in [1.807, 2.05) is 17.4 Å². The number of ketones is 1. The molecule has 0 amide bonds. The smallest absolute Gasteiger partial charge is 0.163 e. The lowest BCUT2D eigenvalue weighted by atomic mass is 9.88. The molecule has 0 fully saturated rings. The Bertz CT molecular complexity index is 782. The maximum atomic E-state index is 12.0. The standard InChI is InChI=1S/C16H12OS/c17-13-6-3-5-11-10(13)8-9-15-16(11)12-4-1-2-7-14(12)18-15/h1-2,4,7-9H,3,5-6H2. The summed E-state index contributed by atoms with van der Waals surface area (Å²) >= 11 is 1.82. The number of fused-ring (bicyclic) bond motifs is 5. The maximum absolute atomic E-state index is 12.0. The third-order valence-electron chi connectivity index (χ3n) is 3.78. The molecule has 3 aromatic rings. The van der Waals surface area contributed by atoms with Crippen LogP contribution in [0.5, 0.6) is 0 Å². The highest BCUT2D eigenvalue weighted by molar-refractivity contribution is 7.25. The summed E-state index contributed by atoms with van der Waals surface area (Å²) in [6.07, 6.45) is 2.74. The van der Waals surface area contributed by atoms with Gasteiger partial charge in [0.1, 0.15) is 0 Å². The molecule has 88 valence electrons. The Hall–Kier alpha value is -1.67. The first-order chi connectivity index (χ1) is 8.84. The van der Waals surface area contributed by atoms with Gasteiger partial charge in [0, 0.05) is 32.2 Å². The molecule has 4 rings (SSSR count). The zero-order chi connectivity index (χ0) is 12.1. The molecule has 1 aliphatic carbocycles. The first-order valence-corrected chi connectivity index (χ1v) is 7.12. The van der Waals surface area contributed by atoms with Crippen LogP contribution in [0.3, 0.4) is 0 Å². The Labute approximate surface area is 109 Å². The van der Waals surface area contributed by atoms with Crippen LogP contribution in [-0.4, -0.2) is 5.78 Å². The van der Waals surface area contributed by atoms with Crippen molar-refractivity contribution in [2.75, 3.05) is 0 Å². The molecule has 0 bridgehead atoms. The summed E-state index contributed by atoms with van der Waals surface area (Å²) in [5.74, 6) is 0.313. The van der Waals surface area contributed by atoms with E-state index >= 15 is 0 Å². The first-order valence-electron chi connectivity index (χ1n) is 6.31. The first kappa shape index (κ1) is 10.3. The fourth-order valence-electron chi connectivity index (χ4n) is 2.97. The average Bonchev–Trinajstić information content (AvgIpc) is 2.77. The number of aryl methyl sites for hydroxylation is 1. The lowest BCUT2D eigenvalue weighted by molar-refractivity contribution is 0.0973. The molecule has 0 saturated carbocycles. The summed E-state index contributed by atoms with van der Waals surface area (Å²) in [7, 11) is 0. The van der Waals surface area contributed by atoms with E-state index in [1.54, 1.807) is 0 Å². The molecule has 18 heavy (non-hydrogen) atoms. The highest BCUT2D eigenvalue weighted by atomic mass is 32.1. The predicted molar refractivity (Wildman–Crippen MR) is 76.6 cm³/mol. The summed E-state index contributed by atoms with van der Waals surface area (Å²) in [4.78, 5) is 12.0. The monoisotopic (exact) mass is 252 g/mol. The second kappa shape index (κ2) is 3.66. The van der Waals surface area contributed by atoms with Crippen molar-refractivity contribution in [3.05, 3.63) is 47.5 Å². The van der Waals surface area contributed by atoms with Crippen LogP contribution in [-0.2, 0) is 6.42 Å². The number of carbonyl (C=O) groups excluding carboxylic acids is 1. The second-order valence-corrected chi connectivity index (χ2v) is 5.92. The lowest BCUT2D eigenvalue weighted by Gasteiger charge is -2.15. The normalized spacial score (nSPS) is 15.2. The minimum atomic E-state index is 0.313. The molecule has 0 unspecified atom stereocenters. The molecule has 2 heteroatoms. The molecule has 0 radical (unpaired) electrons. The number of benzene rings is 2. The van der Waals surface area contributed by atoms with Crippen molar-refractivity contribution in [1.82, 2.24) is 0 Å². The molecular formula is C16H12OS. The molecule has 0 N–H and O–H groups in total. The van der Waals surface area contributed by atoms with Crippen molar-refractivity contribution in [1.29, 1.82) is 0 Å². The summed E-state index contributed by atoms with van der Waals surface area (Å²) in [5.41, 5.74) is 2.23. The third-order valence-corrected chi connectivity index (χ3v) is 4.92. The van der Waals surface area contributed by atoms with Gasteiger partial charge in [-0.2, -0.15) is 0 Å². The molecule has 1 nitrogen and oxygen atoms in total. The molecule has 1 heterocycles. The average molecular weight is 252 g/mol. The number of carbonyl (C=O) groups is 1. The summed E-state index contributed by atoms with van der Waals surface area (Å²) in [5, 5.41) is 2.63. The van der Waals surface area contributed by atoms with Crippen molar-refractivity contribution in [3.63, 3.8) is 0 Å². The van der Waals surface area contributed by atoms with E-state index in [4.69, 9.17) is 0 Å². The molecule has 1 aromatic heterocycles. The van der Waals surface area contributed by atoms with Gasteiger partial charge in [-0.05, 0) is 36.6 Å². The van der Waals surface area contributed by atoms with Crippen LogP contribution < -0.4 is 0 Å². The Balaban J connectivity index is 2.21. The van der Waals surface area contributed by atoms with Crippen LogP contribution in [0.15, 0.2) is 36.4 Å². The van der Waals surface area contributed by atoms with Gasteiger partial charge < -0.3 is 0 Å². The molecule has 0 aliphatic heterocycles. The van der Waals surface area contributed by atoms with Crippen molar-refractivity contribution in [2.45, 2.75) is 19.3 Å². The molecule has 2 aromatic carbocycles. The highest BCUT2D eigenvalue weighted by Gasteiger charge is 2.20. The van der Waals surface area contributed by atoms with E-state index in [1.165, 1.54) is 25.7 Å². The Morgan fingerprint density at radius 3 is 2.78 bits per heavy atom. The fraction of sp³-hybridized carbons (Fsp3) is 0.188. The minimum absolute atomic E-state index is 0.313. The van der Waals surface area contributed by atoms with Crippen LogP contribution >= 0.6 is 11.3 Å². The van der Waals surface area contributed by atoms with Crippen LogP contribution in [0, 0.1) is 0 Å². The van der Waals surface area contributed by atoms with Gasteiger partial charge >= 0.3 is 0 Å². The van der Waals surface area contributed by atoms with Crippen LogP contribution in [0.25, 0.3) is 20.2 Å². The Morgan fingerprint density at radius 2 is 1.83 bits per heavy atom. The predicted octanol–water partition coefficient (Wildman–Crippen LogP) is 4.57. The van der Waals surface area contributed by atoms with Crippen LogP contribution in [0.2, 0.25) is 0 Å². The number of hydrogen-bond donors (Lipinski definition) is 0. The molecule has 0 saturated heterocycles. The van der Waals surface area contributed by atoms with E-state index in [0.717, 1.165) is 18.4 Å². The fourth-order valence-corrected chi connectivity index (χ4v) is 4.10. The van der Waals surface area contributed by atoms with Gasteiger partial charge in [0.15, 0.2) is 5.78 Å². The zero-order valence-electron chi connectivity index (χ0n) is 9.90. The number of Topliss-reactive ketones (excluding diaryl/α,β-unsaturated/α-hetero) is 1. The Morgan fingerprint density at radius 1 is 0.944 bits per heavy atom. The molecular weight excluding hydrogens is 240 g/mol. The van der Waals surface area contributed by atoms with E-state index < -0.39 is 0 Å². The van der Waals surface area contributed by atoms with Crippen LogP contribution in [0.4, 0.5) is 0 Å². The van der Waals surface area contributed by atoms with Gasteiger partial charge in [0.05, 0.1) is 0 Å². The molecule has 0 spiro atoms. The van der Waals surface area contributed by atoms with Crippen LogP contribution in [0.1, 0.15) is 28.8 Å². The van der Waals surface area contributed by atoms with Crippen molar-refractivity contribution in [3.8, 4) is 0 Å². The highest BCUT2D eigenvalue weighted by Crippen LogP contribution is 2.39. The zero-order valence-corrected chi connectivity index (χ0v) is 10.7. The minimum Gasteiger partial charge on any atom is -0.294 e. The third kappa shape index (κ3) is 1.30. The van der Waals surface area contributed by atoms with Gasteiger partial charge in [0.2, 0.25) is 0 Å². The number of thiophene rings is 1. The van der Waals surface area contributed by atoms with Gasteiger partial charge in [0.25, 0.3) is 0 Å². The second-order valence-electron chi connectivity index (χ2n) is 4.84. The number of hydrogen-bond acceptors (Lipinski definition) is 2. The summed E-state index contributed by atoms with van der Waals surface area (Å²) in [6, 6.07) is 12.6. The maximum Gasteiger partial charge on any atom is 0.163 e. The topological polar surface area (TPSA) is 17.1 Å². The summed E-state index contributed by atoms with van der Waals surface area (Å²) in [6.45, 7) is 0. The summed E-state index contributed by atoms with van der Waals surface area (Å²) < 4.78 is 2.63. The largest absolute Gasteiger partial charge is 0.294 e. The lowest BCUT2D eigenvalue weighted by Crippen LogP contribution is -2.10. The van der Waals surface area contributed by atoms with Gasteiger partial charge in [-0.25, -0.2) is 0 Å². The van der Waals surface area contributed by atoms with Crippen molar-refractivity contribution in [2.24, 2.45) is 0 Å². The van der Waals surface area contributed by atoms with Gasteiger partial charge in [-0.1, -0.05) is 18.2 Å². The quantitative estimate of drug-likeness (QED) is 0.572. The Kier molecular flexibility index (Phi) is 2.09. The SMILES string of the molecule is O=C1CCCc2c1ccc1sc3ccccc3c21. The van der Waals surface area contributed by atoms with Crippen molar-refractivity contribution >= 4 is 37.3 Å². The van der Waals surface area contributed by atoms with E-state index in [-0.39, 0.29) is 0 Å². The molecule has 1 aliphatic rings. The van der Waals surface area contributed by atoms with Gasteiger partial charge in [-0.15, -0.1) is 11.3 Å². The van der Waals surface area contributed by atoms with E-state index in [0.29, 0.717) is 12.2 Å². The molecule has 0 atom stereocenters. The number of rotatable bonds is 0.